The SMILES string of the molecule is Cc1noc(C)c1CSc1ncccc1C(=O)NCC1(c2cccc(Cl)c2)CCOCC1. The quantitative estimate of drug-likeness (QED) is 0.482. The number of benzene rings is 1. The van der Waals surface area contributed by atoms with Gasteiger partial charge in [0.15, 0.2) is 0 Å². The topological polar surface area (TPSA) is 77.2 Å². The minimum atomic E-state index is -0.203. The molecule has 1 amide bonds. The number of ether oxygens (including phenoxy) is 1. The number of hydrogen-bond donors (Lipinski definition) is 1. The normalized spacial score (nSPS) is 15.5. The Bertz CT molecular complexity index is 1080. The van der Waals surface area contributed by atoms with Gasteiger partial charge in [-0.1, -0.05) is 28.9 Å². The summed E-state index contributed by atoms with van der Waals surface area (Å²) in [6, 6.07) is 11.5. The molecule has 32 heavy (non-hydrogen) atoms. The number of aromatic nitrogens is 2. The Morgan fingerprint density at radius 1 is 1.22 bits per heavy atom. The van der Waals surface area contributed by atoms with E-state index in [1.807, 2.05) is 38.1 Å². The standard InChI is InChI=1S/C24H26ClN3O3S/c1-16-21(17(2)31-28-16)14-32-23-20(7-4-10-26-23)22(29)27-15-24(8-11-30-12-9-24)18-5-3-6-19(25)13-18/h3-7,10,13H,8-9,11-12,14-15H2,1-2H3,(H,27,29). The third-order valence-electron chi connectivity index (χ3n) is 6.02. The predicted octanol–water partition coefficient (Wildman–Crippen LogP) is 5.11. The lowest BCUT2D eigenvalue weighted by atomic mass is 9.74. The Hall–Kier alpha value is -2.35. The van der Waals surface area contributed by atoms with Gasteiger partial charge in [0, 0.05) is 47.7 Å². The van der Waals surface area contributed by atoms with Crippen LogP contribution in [-0.4, -0.2) is 35.8 Å². The number of nitrogens with zero attached hydrogens (tertiary/aromatic N) is 2. The number of rotatable bonds is 7. The third kappa shape index (κ3) is 5.00. The second-order valence-electron chi connectivity index (χ2n) is 8.03. The molecule has 8 heteroatoms. The van der Waals surface area contributed by atoms with Crippen LogP contribution in [0.2, 0.25) is 5.02 Å². The number of pyridine rings is 1. The van der Waals surface area contributed by atoms with E-state index in [1.165, 1.54) is 11.8 Å². The first-order valence-corrected chi connectivity index (χ1v) is 12.0. The second-order valence-corrected chi connectivity index (χ2v) is 9.43. The Morgan fingerprint density at radius 2 is 2.03 bits per heavy atom. The van der Waals surface area contributed by atoms with Crippen molar-refractivity contribution in [3.63, 3.8) is 0 Å². The molecule has 0 unspecified atom stereocenters. The molecule has 1 saturated heterocycles. The maximum Gasteiger partial charge on any atom is 0.254 e. The van der Waals surface area contributed by atoms with E-state index in [0.29, 0.717) is 41.1 Å². The van der Waals surface area contributed by atoms with Crippen molar-refractivity contribution in [2.45, 2.75) is 42.9 Å². The molecule has 6 nitrogen and oxygen atoms in total. The summed E-state index contributed by atoms with van der Waals surface area (Å²) in [5.41, 5.74) is 3.39. The van der Waals surface area contributed by atoms with E-state index >= 15 is 0 Å². The molecule has 3 aromatic rings. The van der Waals surface area contributed by atoms with Gasteiger partial charge in [-0.3, -0.25) is 4.79 Å². The van der Waals surface area contributed by atoms with E-state index in [4.69, 9.17) is 20.9 Å². The minimum absolute atomic E-state index is 0.132. The first-order chi connectivity index (χ1) is 15.5. The molecular formula is C24H26ClN3O3S. The van der Waals surface area contributed by atoms with Crippen molar-refractivity contribution in [1.29, 1.82) is 0 Å². The van der Waals surface area contributed by atoms with Crippen molar-refractivity contribution in [3.05, 3.63) is 75.8 Å². The molecule has 1 aliphatic rings. The van der Waals surface area contributed by atoms with Gasteiger partial charge in [0.25, 0.3) is 5.91 Å². The summed E-state index contributed by atoms with van der Waals surface area (Å²) >= 11 is 7.77. The molecule has 0 spiro atoms. The first kappa shape index (κ1) is 22.8. The van der Waals surface area contributed by atoms with Crippen molar-refractivity contribution in [2.75, 3.05) is 19.8 Å². The fourth-order valence-electron chi connectivity index (χ4n) is 4.02. The Labute approximate surface area is 197 Å². The van der Waals surface area contributed by atoms with Crippen molar-refractivity contribution in [2.24, 2.45) is 0 Å². The van der Waals surface area contributed by atoms with E-state index < -0.39 is 0 Å². The van der Waals surface area contributed by atoms with Crippen LogP contribution in [0, 0.1) is 13.8 Å². The molecule has 1 N–H and O–H groups in total. The molecule has 0 bridgehead atoms. The van der Waals surface area contributed by atoms with Gasteiger partial charge >= 0.3 is 0 Å². The molecule has 1 aromatic carbocycles. The van der Waals surface area contributed by atoms with Gasteiger partial charge in [-0.05, 0) is 56.5 Å². The average Bonchev–Trinajstić information content (AvgIpc) is 3.14. The number of nitrogens with one attached hydrogen (secondary N) is 1. The summed E-state index contributed by atoms with van der Waals surface area (Å²) in [6.07, 6.45) is 3.36. The summed E-state index contributed by atoms with van der Waals surface area (Å²) in [4.78, 5) is 17.6. The van der Waals surface area contributed by atoms with Gasteiger partial charge < -0.3 is 14.6 Å². The largest absolute Gasteiger partial charge is 0.381 e. The average molecular weight is 472 g/mol. The number of thioether (sulfide) groups is 1. The summed E-state index contributed by atoms with van der Waals surface area (Å²) in [7, 11) is 0. The van der Waals surface area contributed by atoms with Gasteiger partial charge in [-0.2, -0.15) is 0 Å². The maximum atomic E-state index is 13.2. The molecule has 0 atom stereocenters. The van der Waals surface area contributed by atoms with Crippen LogP contribution in [0.3, 0.4) is 0 Å². The van der Waals surface area contributed by atoms with Crippen molar-refractivity contribution in [3.8, 4) is 0 Å². The second kappa shape index (κ2) is 10.1. The maximum absolute atomic E-state index is 13.2. The molecule has 3 heterocycles. The van der Waals surface area contributed by atoms with Crippen molar-refractivity contribution in [1.82, 2.24) is 15.5 Å². The van der Waals surface area contributed by atoms with Gasteiger partial charge in [0.2, 0.25) is 0 Å². The minimum Gasteiger partial charge on any atom is -0.381 e. The summed E-state index contributed by atoms with van der Waals surface area (Å²) in [5, 5.41) is 8.55. The monoisotopic (exact) mass is 471 g/mol. The molecule has 2 aromatic heterocycles. The van der Waals surface area contributed by atoms with Crippen LogP contribution >= 0.6 is 23.4 Å². The molecule has 168 valence electrons. The lowest BCUT2D eigenvalue weighted by Gasteiger charge is -2.38. The zero-order valence-electron chi connectivity index (χ0n) is 18.2. The molecule has 1 fully saturated rings. The highest BCUT2D eigenvalue weighted by Gasteiger charge is 2.35. The van der Waals surface area contributed by atoms with Crippen LogP contribution in [0.1, 0.15) is 45.8 Å². The van der Waals surface area contributed by atoms with Crippen LogP contribution in [-0.2, 0) is 15.9 Å². The van der Waals surface area contributed by atoms with Crippen LogP contribution in [0.5, 0.6) is 0 Å². The Balaban J connectivity index is 1.50. The van der Waals surface area contributed by atoms with Crippen molar-refractivity contribution < 1.29 is 14.1 Å². The summed E-state index contributed by atoms with van der Waals surface area (Å²) in [6.45, 7) is 5.65. The number of carbonyl (C=O) groups is 1. The molecule has 4 rings (SSSR count). The third-order valence-corrected chi connectivity index (χ3v) is 7.29. The van der Waals surface area contributed by atoms with Crippen LogP contribution in [0.4, 0.5) is 0 Å². The lowest BCUT2D eigenvalue weighted by molar-refractivity contribution is 0.0487. The van der Waals surface area contributed by atoms with E-state index in [-0.39, 0.29) is 11.3 Å². The molecule has 0 radical (unpaired) electrons. The van der Waals surface area contributed by atoms with E-state index in [1.54, 1.807) is 12.3 Å². The summed E-state index contributed by atoms with van der Waals surface area (Å²) < 4.78 is 10.8. The fourth-order valence-corrected chi connectivity index (χ4v) is 5.35. The molecule has 0 saturated carbocycles. The first-order valence-electron chi connectivity index (χ1n) is 10.6. The number of aryl methyl sites for hydroxylation is 2. The molecule has 1 aliphatic heterocycles. The fraction of sp³-hybridized carbons (Fsp3) is 0.375. The number of halogens is 1. The van der Waals surface area contributed by atoms with E-state index in [2.05, 4.69) is 21.5 Å². The van der Waals surface area contributed by atoms with Gasteiger partial charge in [-0.15, -0.1) is 11.8 Å². The van der Waals surface area contributed by atoms with Crippen molar-refractivity contribution >= 4 is 29.3 Å². The highest BCUT2D eigenvalue weighted by atomic mass is 35.5. The van der Waals surface area contributed by atoms with Gasteiger partial charge in [0.05, 0.1) is 11.3 Å². The van der Waals surface area contributed by atoms with E-state index in [9.17, 15) is 4.79 Å². The smallest absolute Gasteiger partial charge is 0.254 e. The van der Waals surface area contributed by atoms with Crippen LogP contribution in [0.25, 0.3) is 0 Å². The lowest BCUT2D eigenvalue weighted by Crippen LogP contribution is -2.44. The molecular weight excluding hydrogens is 446 g/mol. The summed E-state index contributed by atoms with van der Waals surface area (Å²) in [5.74, 6) is 1.30. The predicted molar refractivity (Wildman–Crippen MR) is 125 cm³/mol. The zero-order valence-corrected chi connectivity index (χ0v) is 19.8. The number of hydrogen-bond acceptors (Lipinski definition) is 6. The highest BCUT2D eigenvalue weighted by molar-refractivity contribution is 7.98. The zero-order chi connectivity index (χ0) is 22.6. The van der Waals surface area contributed by atoms with Gasteiger partial charge in [0.1, 0.15) is 10.8 Å². The number of carbonyl (C=O) groups excluding carboxylic acids is 1. The van der Waals surface area contributed by atoms with Gasteiger partial charge in [-0.25, -0.2) is 4.98 Å². The highest BCUT2D eigenvalue weighted by Crippen LogP contribution is 2.35. The molecule has 0 aliphatic carbocycles. The van der Waals surface area contributed by atoms with Crippen LogP contribution < -0.4 is 5.32 Å². The van der Waals surface area contributed by atoms with Crippen LogP contribution in [0.15, 0.2) is 52.1 Å². The number of amides is 1. The van der Waals surface area contributed by atoms with E-state index in [0.717, 1.165) is 35.4 Å². The Kier molecular flexibility index (Phi) is 7.18. The Morgan fingerprint density at radius 3 is 2.75 bits per heavy atom.